The summed E-state index contributed by atoms with van der Waals surface area (Å²) < 4.78 is 15.1. The number of amides is 1. The maximum atomic E-state index is 12.6. The zero-order chi connectivity index (χ0) is 21.7. The molecule has 10 nitrogen and oxygen atoms in total. The molecule has 2 N–H and O–H groups in total. The second-order valence-corrected chi connectivity index (χ2v) is 6.27. The molecule has 3 rings (SSSR count). The molecule has 1 aromatic carbocycles. The molecule has 0 bridgehead atoms. The Morgan fingerprint density at radius 1 is 1.13 bits per heavy atom. The summed E-state index contributed by atoms with van der Waals surface area (Å²) in [6, 6.07) is 8.56. The molecule has 0 saturated carbocycles. The quantitative estimate of drug-likeness (QED) is 0.605. The number of methoxy groups -OCH3 is 3. The molecular weight excluding hydrogens is 392 g/mol. The first-order valence-electron chi connectivity index (χ1n) is 9.06. The molecule has 1 amide bonds. The lowest BCUT2D eigenvalue weighted by Crippen LogP contribution is -2.31. The van der Waals surface area contributed by atoms with Gasteiger partial charge in [0.2, 0.25) is 11.8 Å². The highest BCUT2D eigenvalue weighted by atomic mass is 16.5. The fourth-order valence-corrected chi connectivity index (χ4v) is 2.94. The highest BCUT2D eigenvalue weighted by molar-refractivity contribution is 6.08. The molecule has 0 aliphatic carbocycles. The Morgan fingerprint density at radius 3 is 2.30 bits per heavy atom. The fraction of sp³-hybridized carbons (Fsp3) is 0.300. The number of aliphatic hydroxyl groups is 1. The number of carbonyl (C=O) groups is 2. The molecule has 2 heterocycles. The lowest BCUT2D eigenvalue weighted by Gasteiger charge is -2.15. The average Bonchev–Trinajstić information content (AvgIpc) is 3.08. The van der Waals surface area contributed by atoms with Crippen LogP contribution in [0.25, 0.3) is 11.4 Å². The summed E-state index contributed by atoms with van der Waals surface area (Å²) in [4.78, 5) is 34.6. The SMILES string of the molecule is COC(=O)C1=C(Nc2ccc(-c3nc(OC)cc(OC)n3)cc2)C(=O)N(CCO)C1. The summed E-state index contributed by atoms with van der Waals surface area (Å²) in [5.74, 6) is 0.173. The van der Waals surface area contributed by atoms with Crippen molar-refractivity contribution in [1.29, 1.82) is 0 Å². The van der Waals surface area contributed by atoms with Gasteiger partial charge in [-0.2, -0.15) is 9.97 Å². The van der Waals surface area contributed by atoms with Crippen molar-refractivity contribution >= 4 is 17.6 Å². The van der Waals surface area contributed by atoms with Gasteiger partial charge in [0.05, 0.1) is 46.1 Å². The predicted octanol–water partition coefficient (Wildman–Crippen LogP) is 0.834. The van der Waals surface area contributed by atoms with Crippen molar-refractivity contribution in [2.75, 3.05) is 46.3 Å². The van der Waals surface area contributed by atoms with Crippen LogP contribution in [0.3, 0.4) is 0 Å². The van der Waals surface area contributed by atoms with Gasteiger partial charge in [-0.1, -0.05) is 0 Å². The number of benzene rings is 1. The highest BCUT2D eigenvalue weighted by Gasteiger charge is 2.34. The molecule has 30 heavy (non-hydrogen) atoms. The van der Waals surface area contributed by atoms with Gasteiger partial charge in [-0.05, 0) is 24.3 Å². The highest BCUT2D eigenvalue weighted by Crippen LogP contribution is 2.26. The van der Waals surface area contributed by atoms with E-state index in [-0.39, 0.29) is 36.9 Å². The van der Waals surface area contributed by atoms with E-state index in [2.05, 4.69) is 15.3 Å². The smallest absolute Gasteiger partial charge is 0.337 e. The van der Waals surface area contributed by atoms with Crippen LogP contribution in [-0.2, 0) is 14.3 Å². The van der Waals surface area contributed by atoms with E-state index < -0.39 is 5.97 Å². The molecule has 0 fully saturated rings. The Hall–Kier alpha value is -3.66. The molecule has 0 unspecified atom stereocenters. The minimum absolute atomic E-state index is 0.0733. The lowest BCUT2D eigenvalue weighted by atomic mass is 10.1. The molecule has 1 aliphatic rings. The van der Waals surface area contributed by atoms with Crippen molar-refractivity contribution in [2.45, 2.75) is 0 Å². The summed E-state index contributed by atoms with van der Waals surface area (Å²) >= 11 is 0. The largest absolute Gasteiger partial charge is 0.481 e. The topological polar surface area (TPSA) is 123 Å². The Balaban J connectivity index is 1.86. The van der Waals surface area contributed by atoms with Crippen molar-refractivity contribution < 1.29 is 28.9 Å². The van der Waals surface area contributed by atoms with Crippen molar-refractivity contribution in [3.63, 3.8) is 0 Å². The van der Waals surface area contributed by atoms with Crippen LogP contribution in [-0.4, -0.2) is 72.9 Å². The number of esters is 1. The van der Waals surface area contributed by atoms with E-state index in [0.29, 0.717) is 28.8 Å². The Morgan fingerprint density at radius 2 is 1.77 bits per heavy atom. The van der Waals surface area contributed by atoms with Crippen LogP contribution in [0.1, 0.15) is 0 Å². The predicted molar refractivity (Wildman–Crippen MR) is 107 cm³/mol. The van der Waals surface area contributed by atoms with Crippen LogP contribution in [0.5, 0.6) is 11.8 Å². The average molecular weight is 414 g/mol. The normalized spacial score (nSPS) is 13.5. The molecule has 0 saturated heterocycles. The van der Waals surface area contributed by atoms with E-state index in [4.69, 9.17) is 19.3 Å². The summed E-state index contributed by atoms with van der Waals surface area (Å²) in [7, 11) is 4.26. The van der Waals surface area contributed by atoms with E-state index in [0.717, 1.165) is 0 Å². The Kier molecular flexibility index (Phi) is 6.48. The van der Waals surface area contributed by atoms with Gasteiger partial charge in [0.25, 0.3) is 5.91 Å². The first kappa shape index (κ1) is 21.1. The van der Waals surface area contributed by atoms with Gasteiger partial charge >= 0.3 is 5.97 Å². The maximum absolute atomic E-state index is 12.6. The molecule has 1 aliphatic heterocycles. The number of nitrogens with one attached hydrogen (secondary N) is 1. The zero-order valence-electron chi connectivity index (χ0n) is 16.8. The number of nitrogens with zero attached hydrogens (tertiary/aromatic N) is 3. The minimum Gasteiger partial charge on any atom is -0.481 e. The van der Waals surface area contributed by atoms with Gasteiger partial charge in [-0.15, -0.1) is 0 Å². The van der Waals surface area contributed by atoms with Gasteiger partial charge in [0, 0.05) is 17.8 Å². The maximum Gasteiger partial charge on any atom is 0.337 e. The van der Waals surface area contributed by atoms with Crippen LogP contribution in [0.15, 0.2) is 41.6 Å². The van der Waals surface area contributed by atoms with Crippen LogP contribution < -0.4 is 14.8 Å². The molecule has 158 valence electrons. The summed E-state index contributed by atoms with van der Waals surface area (Å²) in [6.45, 7) is -0.00540. The third-order valence-electron chi connectivity index (χ3n) is 4.46. The number of carbonyl (C=O) groups excluding carboxylic acids is 2. The second kappa shape index (κ2) is 9.23. The minimum atomic E-state index is -0.597. The second-order valence-electron chi connectivity index (χ2n) is 6.27. The molecular formula is C20H22N4O6. The number of aliphatic hydroxyl groups excluding tert-OH is 1. The van der Waals surface area contributed by atoms with Crippen LogP contribution in [0.2, 0.25) is 0 Å². The Bertz CT molecular complexity index is 952. The van der Waals surface area contributed by atoms with Crippen molar-refractivity contribution in [1.82, 2.24) is 14.9 Å². The molecule has 2 aromatic rings. The van der Waals surface area contributed by atoms with Crippen LogP contribution in [0.4, 0.5) is 5.69 Å². The third-order valence-corrected chi connectivity index (χ3v) is 4.46. The first-order chi connectivity index (χ1) is 14.5. The summed E-state index contributed by atoms with van der Waals surface area (Å²) in [5.41, 5.74) is 1.63. The molecule has 0 radical (unpaired) electrons. The zero-order valence-corrected chi connectivity index (χ0v) is 16.8. The molecule has 1 aromatic heterocycles. The van der Waals surface area contributed by atoms with Gasteiger partial charge in [-0.3, -0.25) is 4.79 Å². The van der Waals surface area contributed by atoms with Crippen LogP contribution >= 0.6 is 0 Å². The van der Waals surface area contributed by atoms with Crippen molar-refractivity contribution in [2.24, 2.45) is 0 Å². The summed E-state index contributed by atoms with van der Waals surface area (Å²) in [6.07, 6.45) is 0. The fourth-order valence-electron chi connectivity index (χ4n) is 2.94. The Labute approximate surface area is 173 Å². The van der Waals surface area contributed by atoms with Gasteiger partial charge in [-0.25, -0.2) is 4.79 Å². The summed E-state index contributed by atoms with van der Waals surface area (Å²) in [5, 5.41) is 12.1. The number of aromatic nitrogens is 2. The van der Waals surface area contributed by atoms with Crippen LogP contribution in [0, 0.1) is 0 Å². The van der Waals surface area contributed by atoms with Gasteiger partial charge in [0.1, 0.15) is 5.70 Å². The van der Waals surface area contributed by atoms with Gasteiger partial charge in [0.15, 0.2) is 5.82 Å². The number of rotatable bonds is 8. The van der Waals surface area contributed by atoms with E-state index in [1.54, 1.807) is 30.3 Å². The van der Waals surface area contributed by atoms with E-state index in [9.17, 15) is 9.59 Å². The number of hydrogen-bond acceptors (Lipinski definition) is 9. The van der Waals surface area contributed by atoms with E-state index in [1.807, 2.05) is 0 Å². The first-order valence-corrected chi connectivity index (χ1v) is 9.06. The standard InChI is InChI=1S/C20H22N4O6/c1-28-15-10-16(29-2)23-18(22-15)12-4-6-13(7-5-12)21-17-14(20(27)30-3)11-24(8-9-25)19(17)26/h4-7,10,21,25H,8-9,11H2,1-3H3. The third kappa shape index (κ3) is 4.33. The van der Waals surface area contributed by atoms with Gasteiger partial charge < -0.3 is 29.5 Å². The van der Waals surface area contributed by atoms with E-state index in [1.165, 1.54) is 26.2 Å². The van der Waals surface area contributed by atoms with Crippen molar-refractivity contribution in [3.05, 3.63) is 41.6 Å². The van der Waals surface area contributed by atoms with E-state index >= 15 is 0 Å². The number of anilines is 1. The van der Waals surface area contributed by atoms with Crippen molar-refractivity contribution in [3.8, 4) is 23.1 Å². The number of ether oxygens (including phenoxy) is 3. The molecule has 0 atom stereocenters. The number of hydrogen-bond donors (Lipinski definition) is 2. The lowest BCUT2D eigenvalue weighted by molar-refractivity contribution is -0.136. The monoisotopic (exact) mass is 414 g/mol. The number of β-amino-alcohol motifs (C(OH)–C–C–N with tert-alkyl or cyclic N) is 1. The molecule has 0 spiro atoms. The molecule has 10 heteroatoms.